The number of carbonyl (C=O) groups excluding carboxylic acids is 1. The molecule has 6 heteroatoms. The van der Waals surface area contributed by atoms with Crippen molar-refractivity contribution >= 4 is 41.5 Å². The van der Waals surface area contributed by atoms with Gasteiger partial charge in [0.2, 0.25) is 5.91 Å². The molecule has 1 rings (SSSR count). The van der Waals surface area contributed by atoms with Gasteiger partial charge < -0.3 is 16.0 Å². The average Bonchev–Trinajstić information content (AvgIpc) is 2.39. The van der Waals surface area contributed by atoms with Gasteiger partial charge in [0, 0.05) is 26.2 Å². The maximum atomic E-state index is 11.3. The van der Waals surface area contributed by atoms with Crippen molar-refractivity contribution in [1.29, 1.82) is 0 Å². The van der Waals surface area contributed by atoms with Crippen molar-refractivity contribution < 1.29 is 4.79 Å². The highest BCUT2D eigenvalue weighted by molar-refractivity contribution is 14.0. The van der Waals surface area contributed by atoms with Gasteiger partial charge in [0.05, 0.1) is 6.54 Å². The molecule has 3 N–H and O–H groups in total. The number of nitrogens with one attached hydrogen (secondary N) is 1. The molecule has 0 atom stereocenters. The lowest BCUT2D eigenvalue weighted by Crippen LogP contribution is -2.25. The van der Waals surface area contributed by atoms with Crippen LogP contribution in [0.5, 0.6) is 0 Å². The van der Waals surface area contributed by atoms with Crippen molar-refractivity contribution in [2.45, 2.75) is 19.8 Å². The summed E-state index contributed by atoms with van der Waals surface area (Å²) >= 11 is 0. The van der Waals surface area contributed by atoms with Crippen molar-refractivity contribution in [3.63, 3.8) is 0 Å². The van der Waals surface area contributed by atoms with Crippen LogP contribution < -0.4 is 11.1 Å². The first-order valence-corrected chi connectivity index (χ1v) is 6.39. The quantitative estimate of drug-likeness (QED) is 0.460. The number of nitrogens with two attached hydrogens (primary N) is 1. The van der Waals surface area contributed by atoms with E-state index in [1.165, 1.54) is 5.56 Å². The molecule has 1 amide bonds. The monoisotopic (exact) mass is 390 g/mol. The molecule has 0 aliphatic rings. The Morgan fingerprint density at radius 3 is 2.40 bits per heavy atom. The fraction of sp³-hybridized carbons (Fsp3) is 0.429. The average molecular weight is 390 g/mol. The number of aliphatic imine (C=N–C) groups is 1. The van der Waals surface area contributed by atoms with Gasteiger partial charge in [0.25, 0.3) is 0 Å². The van der Waals surface area contributed by atoms with Gasteiger partial charge in [0.15, 0.2) is 5.96 Å². The predicted octanol–water partition coefficient (Wildman–Crippen LogP) is 2.07. The summed E-state index contributed by atoms with van der Waals surface area (Å²) in [7, 11) is 3.45. The Labute approximate surface area is 137 Å². The first-order chi connectivity index (χ1) is 9.02. The molecule has 0 aliphatic carbocycles. The van der Waals surface area contributed by atoms with Crippen LogP contribution in [-0.2, 0) is 11.2 Å². The summed E-state index contributed by atoms with van der Waals surface area (Å²) in [4.78, 5) is 17.0. The lowest BCUT2D eigenvalue weighted by Gasteiger charge is -2.09. The van der Waals surface area contributed by atoms with E-state index in [4.69, 9.17) is 5.73 Å². The van der Waals surface area contributed by atoms with E-state index in [0.29, 0.717) is 18.9 Å². The number of anilines is 1. The normalized spacial score (nSPS) is 10.7. The van der Waals surface area contributed by atoms with Crippen LogP contribution in [-0.4, -0.2) is 37.4 Å². The molecule has 0 saturated carbocycles. The van der Waals surface area contributed by atoms with Crippen molar-refractivity contribution in [2.75, 3.05) is 26.0 Å². The minimum Gasteiger partial charge on any atom is -0.370 e. The Kier molecular flexibility index (Phi) is 8.94. The summed E-state index contributed by atoms with van der Waals surface area (Å²) in [5.41, 5.74) is 7.93. The number of hydrogen-bond donors (Lipinski definition) is 2. The maximum Gasteiger partial charge on any atom is 0.223 e. The van der Waals surface area contributed by atoms with Crippen LogP contribution in [0.3, 0.4) is 0 Å². The highest BCUT2D eigenvalue weighted by atomic mass is 127. The minimum absolute atomic E-state index is 0. The lowest BCUT2D eigenvalue weighted by molar-refractivity contribution is -0.128. The Bertz CT molecular complexity index is 443. The van der Waals surface area contributed by atoms with E-state index in [-0.39, 0.29) is 29.9 Å². The summed E-state index contributed by atoms with van der Waals surface area (Å²) in [6.45, 7) is 2.50. The molecule has 0 aliphatic heterocycles. The number of hydrogen-bond acceptors (Lipinski definition) is 2. The molecule has 1 aromatic carbocycles. The van der Waals surface area contributed by atoms with E-state index in [1.807, 2.05) is 24.3 Å². The van der Waals surface area contributed by atoms with E-state index < -0.39 is 0 Å². The number of amides is 1. The third kappa shape index (κ3) is 6.74. The summed E-state index contributed by atoms with van der Waals surface area (Å²) < 4.78 is 0. The van der Waals surface area contributed by atoms with E-state index in [9.17, 15) is 4.79 Å². The number of guanidine groups is 1. The molecule has 0 bridgehead atoms. The summed E-state index contributed by atoms with van der Waals surface area (Å²) in [5.74, 6) is 0.375. The van der Waals surface area contributed by atoms with Gasteiger partial charge in [0.1, 0.15) is 0 Å². The molecule has 5 nitrogen and oxygen atoms in total. The number of carbonyl (C=O) groups is 1. The van der Waals surface area contributed by atoms with Crippen LogP contribution in [0.4, 0.5) is 5.69 Å². The second kappa shape index (κ2) is 9.57. The van der Waals surface area contributed by atoms with Crippen molar-refractivity contribution in [1.82, 2.24) is 4.90 Å². The number of rotatable bonds is 5. The molecular weight excluding hydrogens is 367 g/mol. The third-order valence-electron chi connectivity index (χ3n) is 2.74. The Morgan fingerprint density at radius 1 is 1.30 bits per heavy atom. The topological polar surface area (TPSA) is 70.7 Å². The molecule has 0 fully saturated rings. The van der Waals surface area contributed by atoms with Crippen LogP contribution in [0.15, 0.2) is 29.3 Å². The zero-order valence-corrected chi connectivity index (χ0v) is 14.5. The second-order valence-electron chi connectivity index (χ2n) is 4.48. The van der Waals surface area contributed by atoms with Crippen LogP contribution >= 0.6 is 24.0 Å². The highest BCUT2D eigenvalue weighted by Crippen LogP contribution is 2.09. The van der Waals surface area contributed by atoms with Gasteiger partial charge in [-0.05, 0) is 24.1 Å². The second-order valence-corrected chi connectivity index (χ2v) is 4.48. The van der Waals surface area contributed by atoms with Crippen LogP contribution in [0.25, 0.3) is 0 Å². The summed E-state index contributed by atoms with van der Waals surface area (Å²) in [6, 6.07) is 8.02. The van der Waals surface area contributed by atoms with E-state index in [0.717, 1.165) is 12.1 Å². The first kappa shape index (κ1) is 18.7. The molecule has 0 unspecified atom stereocenters. The molecule has 0 spiro atoms. The Hall–Kier alpha value is -1.31. The minimum atomic E-state index is 0. The molecule has 1 aromatic rings. The lowest BCUT2D eigenvalue weighted by atomic mass is 10.1. The van der Waals surface area contributed by atoms with E-state index in [1.54, 1.807) is 19.0 Å². The largest absolute Gasteiger partial charge is 0.370 e. The van der Waals surface area contributed by atoms with Crippen molar-refractivity contribution in [3.8, 4) is 0 Å². The first-order valence-electron chi connectivity index (χ1n) is 6.39. The molecule has 0 aromatic heterocycles. The molecule has 0 saturated heterocycles. The van der Waals surface area contributed by atoms with E-state index in [2.05, 4.69) is 17.2 Å². The van der Waals surface area contributed by atoms with Gasteiger partial charge in [-0.2, -0.15) is 0 Å². The van der Waals surface area contributed by atoms with Crippen molar-refractivity contribution in [3.05, 3.63) is 29.8 Å². The summed E-state index contributed by atoms with van der Waals surface area (Å²) in [6.07, 6.45) is 1.38. The van der Waals surface area contributed by atoms with Crippen LogP contribution in [0.2, 0.25) is 0 Å². The van der Waals surface area contributed by atoms with Crippen LogP contribution in [0, 0.1) is 0 Å². The number of benzene rings is 1. The Morgan fingerprint density at radius 2 is 1.90 bits per heavy atom. The molecule has 0 radical (unpaired) electrons. The molecular formula is C14H23IN4O. The fourth-order valence-electron chi connectivity index (χ4n) is 1.51. The molecule has 0 heterocycles. The molecule has 112 valence electrons. The van der Waals surface area contributed by atoms with Gasteiger partial charge in [-0.15, -0.1) is 24.0 Å². The maximum absolute atomic E-state index is 11.3. The van der Waals surface area contributed by atoms with E-state index >= 15 is 0 Å². The smallest absolute Gasteiger partial charge is 0.223 e. The fourth-order valence-corrected chi connectivity index (χ4v) is 1.51. The van der Waals surface area contributed by atoms with Crippen molar-refractivity contribution in [2.24, 2.45) is 10.7 Å². The van der Waals surface area contributed by atoms with Gasteiger partial charge in [-0.3, -0.25) is 9.79 Å². The SMILES string of the molecule is CCc1ccc(NC(N)=NCCC(=O)N(C)C)cc1.I. The van der Waals surface area contributed by atoms with Gasteiger partial charge >= 0.3 is 0 Å². The predicted molar refractivity (Wildman–Crippen MR) is 94.7 cm³/mol. The van der Waals surface area contributed by atoms with Gasteiger partial charge in [-0.1, -0.05) is 19.1 Å². The van der Waals surface area contributed by atoms with Gasteiger partial charge in [-0.25, -0.2) is 0 Å². The highest BCUT2D eigenvalue weighted by Gasteiger charge is 2.02. The Balaban J connectivity index is 0.00000361. The third-order valence-corrected chi connectivity index (χ3v) is 2.74. The summed E-state index contributed by atoms with van der Waals surface area (Å²) in [5, 5.41) is 3.00. The number of aryl methyl sites for hydroxylation is 1. The number of nitrogens with zero attached hydrogens (tertiary/aromatic N) is 2. The zero-order valence-electron chi connectivity index (χ0n) is 12.2. The molecule has 20 heavy (non-hydrogen) atoms. The standard InChI is InChI=1S/C14H22N4O.HI/c1-4-11-5-7-12(8-6-11)17-14(15)16-10-9-13(19)18(2)3;/h5-8H,4,9-10H2,1-3H3,(H3,15,16,17);1H. The van der Waals surface area contributed by atoms with Crippen LogP contribution in [0.1, 0.15) is 18.9 Å². The zero-order chi connectivity index (χ0) is 14.3. The number of halogens is 1.